The number of H-pyrrole nitrogens is 1. The van der Waals surface area contributed by atoms with Gasteiger partial charge >= 0.3 is 5.97 Å². The summed E-state index contributed by atoms with van der Waals surface area (Å²) in [5.74, 6) is -0.00152. The van der Waals surface area contributed by atoms with Gasteiger partial charge in [-0.2, -0.15) is 0 Å². The first kappa shape index (κ1) is 13.8. The Morgan fingerprint density at radius 1 is 1.40 bits per heavy atom. The van der Waals surface area contributed by atoms with Gasteiger partial charge in [0.25, 0.3) is 5.56 Å². The molecule has 6 heteroatoms. The number of carbonyl (C=O) groups is 1. The van der Waals surface area contributed by atoms with Crippen molar-refractivity contribution in [1.29, 1.82) is 0 Å². The average Bonchev–Trinajstić information content (AvgIpc) is 2.40. The van der Waals surface area contributed by atoms with Gasteiger partial charge in [0.2, 0.25) is 0 Å². The lowest BCUT2D eigenvalue weighted by Gasteiger charge is -2.08. The van der Waals surface area contributed by atoms with Crippen LogP contribution in [0.3, 0.4) is 0 Å². The number of hydrogen-bond acceptors (Lipinski definition) is 4. The molecule has 1 aromatic heterocycles. The fourth-order valence-corrected chi connectivity index (χ4v) is 1.68. The Bertz CT molecular complexity index is 679. The van der Waals surface area contributed by atoms with Crippen LogP contribution in [0, 0.1) is 6.92 Å². The second-order valence-electron chi connectivity index (χ2n) is 4.31. The first-order valence-electron chi connectivity index (χ1n) is 6.03. The van der Waals surface area contributed by atoms with E-state index in [4.69, 9.17) is 9.84 Å². The summed E-state index contributed by atoms with van der Waals surface area (Å²) in [6.07, 6.45) is 0.921. The molecule has 0 saturated heterocycles. The number of nitrogens with one attached hydrogen (secondary N) is 1. The number of benzene rings is 1. The number of aliphatic carboxylic acids is 1. The van der Waals surface area contributed by atoms with E-state index >= 15 is 0 Å². The standard InChI is InChI=1S/C14H14N2O4/c1-9-4-2-3-5-11(9)20-8-12-15-7-10(6-13(17)18)14(19)16-12/h2-5,7H,6,8H2,1H3,(H,17,18)(H,15,16,19). The average molecular weight is 274 g/mol. The number of carboxylic acid groups (broad SMARTS) is 1. The van der Waals surface area contributed by atoms with E-state index in [2.05, 4.69) is 9.97 Å². The van der Waals surface area contributed by atoms with E-state index in [-0.39, 0.29) is 18.6 Å². The Kier molecular flexibility index (Phi) is 4.14. The zero-order valence-corrected chi connectivity index (χ0v) is 10.9. The summed E-state index contributed by atoms with van der Waals surface area (Å²) in [6, 6.07) is 7.51. The van der Waals surface area contributed by atoms with Crippen molar-refractivity contribution in [2.45, 2.75) is 20.0 Å². The topological polar surface area (TPSA) is 92.3 Å². The molecule has 0 aliphatic rings. The van der Waals surface area contributed by atoms with Crippen molar-refractivity contribution in [1.82, 2.24) is 9.97 Å². The van der Waals surface area contributed by atoms with Gasteiger partial charge in [-0.25, -0.2) is 4.98 Å². The quantitative estimate of drug-likeness (QED) is 0.857. The van der Waals surface area contributed by atoms with Crippen molar-refractivity contribution in [2.75, 3.05) is 0 Å². The molecule has 20 heavy (non-hydrogen) atoms. The monoisotopic (exact) mass is 274 g/mol. The molecular weight excluding hydrogens is 260 g/mol. The molecule has 1 aromatic carbocycles. The number of para-hydroxylation sites is 1. The van der Waals surface area contributed by atoms with Gasteiger partial charge in [0.15, 0.2) is 0 Å². The van der Waals surface area contributed by atoms with Crippen LogP contribution in [0.2, 0.25) is 0 Å². The number of hydrogen-bond donors (Lipinski definition) is 2. The Balaban J connectivity index is 2.08. The second-order valence-corrected chi connectivity index (χ2v) is 4.31. The van der Waals surface area contributed by atoms with Gasteiger partial charge in [-0.05, 0) is 18.6 Å². The lowest BCUT2D eigenvalue weighted by atomic mass is 10.2. The van der Waals surface area contributed by atoms with E-state index in [1.54, 1.807) is 0 Å². The maximum absolute atomic E-state index is 11.6. The number of aromatic amines is 1. The molecule has 0 saturated carbocycles. The minimum Gasteiger partial charge on any atom is -0.485 e. The van der Waals surface area contributed by atoms with Gasteiger partial charge in [0.05, 0.1) is 6.42 Å². The van der Waals surface area contributed by atoms with Crippen molar-refractivity contribution in [2.24, 2.45) is 0 Å². The first-order chi connectivity index (χ1) is 9.56. The fourth-order valence-electron chi connectivity index (χ4n) is 1.68. The summed E-state index contributed by atoms with van der Waals surface area (Å²) in [7, 11) is 0. The fraction of sp³-hybridized carbons (Fsp3) is 0.214. The SMILES string of the molecule is Cc1ccccc1OCc1ncc(CC(=O)O)c(=O)[nH]1. The Morgan fingerprint density at radius 3 is 2.80 bits per heavy atom. The molecule has 104 valence electrons. The van der Waals surface area contributed by atoms with Crippen LogP contribution in [0.15, 0.2) is 35.3 Å². The van der Waals surface area contributed by atoms with Crippen LogP contribution in [-0.4, -0.2) is 21.0 Å². The molecule has 0 amide bonds. The van der Waals surface area contributed by atoms with E-state index in [0.717, 1.165) is 5.56 Å². The number of nitrogens with zero attached hydrogens (tertiary/aromatic N) is 1. The molecule has 0 bridgehead atoms. The van der Waals surface area contributed by atoms with Gasteiger partial charge in [-0.3, -0.25) is 9.59 Å². The first-order valence-corrected chi connectivity index (χ1v) is 6.03. The lowest BCUT2D eigenvalue weighted by Crippen LogP contribution is -2.19. The van der Waals surface area contributed by atoms with E-state index in [1.807, 2.05) is 31.2 Å². The molecule has 6 nitrogen and oxygen atoms in total. The largest absolute Gasteiger partial charge is 0.485 e. The smallest absolute Gasteiger partial charge is 0.308 e. The molecule has 0 spiro atoms. The van der Waals surface area contributed by atoms with Crippen LogP contribution in [0.4, 0.5) is 0 Å². The number of aryl methyl sites for hydroxylation is 1. The maximum Gasteiger partial charge on any atom is 0.308 e. The van der Waals surface area contributed by atoms with Crippen molar-refractivity contribution in [3.05, 3.63) is 57.8 Å². The minimum absolute atomic E-state index is 0.118. The third-order valence-electron chi connectivity index (χ3n) is 2.73. The lowest BCUT2D eigenvalue weighted by molar-refractivity contribution is -0.136. The third-order valence-corrected chi connectivity index (χ3v) is 2.73. The molecular formula is C14H14N2O4. The van der Waals surface area contributed by atoms with E-state index in [0.29, 0.717) is 11.6 Å². The molecule has 0 radical (unpaired) electrons. The molecule has 2 N–H and O–H groups in total. The predicted molar refractivity (Wildman–Crippen MR) is 71.7 cm³/mol. The third kappa shape index (κ3) is 3.44. The number of aromatic nitrogens is 2. The number of carboxylic acids is 1. The van der Waals surface area contributed by atoms with Gasteiger partial charge in [-0.1, -0.05) is 18.2 Å². The Hall–Kier alpha value is -2.63. The summed E-state index contributed by atoms with van der Waals surface area (Å²) in [4.78, 5) is 28.7. The Labute approximate surface area is 115 Å². The van der Waals surface area contributed by atoms with E-state index in [1.165, 1.54) is 6.20 Å². The number of rotatable bonds is 5. The van der Waals surface area contributed by atoms with Crippen LogP contribution < -0.4 is 10.3 Å². The molecule has 1 heterocycles. The molecule has 2 aromatic rings. The van der Waals surface area contributed by atoms with Gasteiger partial charge in [0, 0.05) is 11.8 Å². The second kappa shape index (κ2) is 6.01. The normalized spacial score (nSPS) is 10.2. The van der Waals surface area contributed by atoms with Gasteiger partial charge in [0.1, 0.15) is 18.2 Å². The van der Waals surface area contributed by atoms with Gasteiger partial charge in [-0.15, -0.1) is 0 Å². The van der Waals surface area contributed by atoms with Crippen molar-refractivity contribution >= 4 is 5.97 Å². The molecule has 2 rings (SSSR count). The highest BCUT2D eigenvalue weighted by molar-refractivity contribution is 5.69. The predicted octanol–water partition coefficient (Wildman–Crippen LogP) is 1.28. The molecule has 0 atom stereocenters. The highest BCUT2D eigenvalue weighted by atomic mass is 16.5. The van der Waals surface area contributed by atoms with Crippen molar-refractivity contribution in [3.8, 4) is 5.75 Å². The highest BCUT2D eigenvalue weighted by Gasteiger charge is 2.07. The van der Waals surface area contributed by atoms with Crippen LogP contribution >= 0.6 is 0 Å². The zero-order valence-electron chi connectivity index (χ0n) is 10.9. The van der Waals surface area contributed by atoms with Crippen LogP contribution in [-0.2, 0) is 17.8 Å². The van der Waals surface area contributed by atoms with Crippen molar-refractivity contribution in [3.63, 3.8) is 0 Å². The van der Waals surface area contributed by atoms with Gasteiger partial charge < -0.3 is 14.8 Å². The molecule has 0 aliphatic carbocycles. The minimum atomic E-state index is -1.07. The summed E-state index contributed by atoms with van der Waals surface area (Å²) in [5, 5.41) is 8.64. The summed E-state index contributed by atoms with van der Waals surface area (Å²) in [5.41, 5.74) is 0.653. The Morgan fingerprint density at radius 2 is 2.15 bits per heavy atom. The van der Waals surface area contributed by atoms with Crippen LogP contribution in [0.5, 0.6) is 5.75 Å². The van der Waals surface area contributed by atoms with Crippen molar-refractivity contribution < 1.29 is 14.6 Å². The maximum atomic E-state index is 11.6. The summed E-state index contributed by atoms with van der Waals surface area (Å²) >= 11 is 0. The molecule has 0 aliphatic heterocycles. The van der Waals surface area contributed by atoms with E-state index < -0.39 is 11.5 Å². The summed E-state index contributed by atoms with van der Waals surface area (Å²) < 4.78 is 5.55. The molecule has 0 unspecified atom stereocenters. The van der Waals surface area contributed by atoms with E-state index in [9.17, 15) is 9.59 Å². The zero-order chi connectivity index (χ0) is 14.5. The van der Waals surface area contributed by atoms with Crippen LogP contribution in [0.25, 0.3) is 0 Å². The number of ether oxygens (including phenoxy) is 1. The molecule has 0 fully saturated rings. The van der Waals surface area contributed by atoms with Crippen LogP contribution in [0.1, 0.15) is 17.0 Å². The highest BCUT2D eigenvalue weighted by Crippen LogP contribution is 2.16. The summed E-state index contributed by atoms with van der Waals surface area (Å²) in [6.45, 7) is 2.04.